The van der Waals surface area contributed by atoms with E-state index >= 15 is 0 Å². The number of nitrogens with zero attached hydrogens (tertiary/aromatic N) is 1. The Balaban J connectivity index is 2.27. The third-order valence-corrected chi connectivity index (χ3v) is 3.29. The van der Waals surface area contributed by atoms with Gasteiger partial charge in [0, 0.05) is 12.6 Å². The Morgan fingerprint density at radius 1 is 1.14 bits per heavy atom. The first-order valence-electron chi connectivity index (χ1n) is 7.63. The van der Waals surface area contributed by atoms with Crippen molar-refractivity contribution in [3.8, 4) is 0 Å². The van der Waals surface area contributed by atoms with Gasteiger partial charge in [-0.3, -0.25) is 4.79 Å². The molecule has 0 radical (unpaired) electrons. The number of aromatic carboxylic acids is 1. The second kappa shape index (κ2) is 9.91. The number of anilines is 1. The first-order valence-corrected chi connectivity index (χ1v) is 7.63. The Morgan fingerprint density at radius 3 is 2.48 bits per heavy atom. The molecule has 21 heavy (non-hydrogen) atoms. The van der Waals surface area contributed by atoms with Gasteiger partial charge in [0.15, 0.2) is 5.69 Å². The number of hydrogen-bond donors (Lipinski definition) is 2. The summed E-state index contributed by atoms with van der Waals surface area (Å²) >= 11 is 0. The van der Waals surface area contributed by atoms with E-state index in [0.717, 1.165) is 19.3 Å². The Labute approximate surface area is 125 Å². The third-order valence-electron chi connectivity index (χ3n) is 3.29. The van der Waals surface area contributed by atoms with Crippen molar-refractivity contribution in [2.24, 2.45) is 0 Å². The summed E-state index contributed by atoms with van der Waals surface area (Å²) in [5.74, 6) is -1.29. The monoisotopic (exact) mass is 292 g/mol. The summed E-state index contributed by atoms with van der Waals surface area (Å²) in [4.78, 5) is 26.5. The fraction of sp³-hybridized carbons (Fsp3) is 0.562. The number of carboxylic acid groups (broad SMARTS) is 1. The Morgan fingerprint density at radius 2 is 1.81 bits per heavy atom. The van der Waals surface area contributed by atoms with E-state index in [0.29, 0.717) is 6.42 Å². The predicted molar refractivity (Wildman–Crippen MR) is 82.4 cm³/mol. The first kappa shape index (κ1) is 17.1. The highest BCUT2D eigenvalue weighted by Crippen LogP contribution is 2.13. The summed E-state index contributed by atoms with van der Waals surface area (Å²) in [5, 5.41) is 11.6. The molecule has 0 saturated carbocycles. The van der Waals surface area contributed by atoms with Gasteiger partial charge in [-0.15, -0.1) is 0 Å². The van der Waals surface area contributed by atoms with Gasteiger partial charge >= 0.3 is 5.97 Å². The van der Waals surface area contributed by atoms with Crippen molar-refractivity contribution < 1.29 is 14.7 Å². The molecule has 0 fully saturated rings. The molecule has 1 aromatic rings. The van der Waals surface area contributed by atoms with E-state index in [2.05, 4.69) is 17.2 Å². The van der Waals surface area contributed by atoms with Crippen LogP contribution in [0.3, 0.4) is 0 Å². The zero-order chi connectivity index (χ0) is 15.5. The number of carbonyl (C=O) groups excluding carboxylic acids is 1. The van der Waals surface area contributed by atoms with Crippen molar-refractivity contribution >= 4 is 17.6 Å². The second-order valence-electron chi connectivity index (χ2n) is 5.12. The van der Waals surface area contributed by atoms with Crippen LogP contribution in [0.2, 0.25) is 0 Å². The lowest BCUT2D eigenvalue weighted by Crippen LogP contribution is -2.15. The van der Waals surface area contributed by atoms with Crippen LogP contribution in [0.1, 0.15) is 68.8 Å². The van der Waals surface area contributed by atoms with Crippen molar-refractivity contribution in [2.45, 2.75) is 58.3 Å². The van der Waals surface area contributed by atoms with Gasteiger partial charge in [0.25, 0.3) is 0 Å². The van der Waals surface area contributed by atoms with Gasteiger partial charge in [0.2, 0.25) is 5.91 Å². The van der Waals surface area contributed by atoms with Gasteiger partial charge in [-0.2, -0.15) is 0 Å². The third kappa shape index (κ3) is 6.88. The standard InChI is InChI=1S/C16H24N2O3/c1-2-3-4-5-6-7-8-11-14(19)18-13-10-9-12-17-15(13)16(20)21/h9-10,12H,2-8,11H2,1H3,(H,18,19)(H,20,21). The molecule has 1 aromatic heterocycles. The average Bonchev–Trinajstić information content (AvgIpc) is 2.46. The minimum Gasteiger partial charge on any atom is -0.476 e. The molecule has 0 aliphatic rings. The highest BCUT2D eigenvalue weighted by molar-refractivity contribution is 5.98. The molecule has 1 heterocycles. The van der Waals surface area contributed by atoms with Crippen molar-refractivity contribution in [2.75, 3.05) is 5.32 Å². The van der Waals surface area contributed by atoms with Gasteiger partial charge < -0.3 is 10.4 Å². The van der Waals surface area contributed by atoms with Gasteiger partial charge in [-0.25, -0.2) is 9.78 Å². The van der Waals surface area contributed by atoms with Crippen molar-refractivity contribution in [3.63, 3.8) is 0 Å². The molecule has 0 bridgehead atoms. The van der Waals surface area contributed by atoms with Crippen LogP contribution >= 0.6 is 0 Å². The quantitative estimate of drug-likeness (QED) is 0.642. The van der Waals surface area contributed by atoms with Crippen molar-refractivity contribution in [1.82, 2.24) is 4.98 Å². The molecule has 0 aromatic carbocycles. The number of unbranched alkanes of at least 4 members (excludes halogenated alkanes) is 6. The van der Waals surface area contributed by atoms with Crippen LogP contribution in [-0.4, -0.2) is 22.0 Å². The van der Waals surface area contributed by atoms with Gasteiger partial charge in [-0.05, 0) is 18.6 Å². The molecule has 5 heteroatoms. The van der Waals surface area contributed by atoms with E-state index in [4.69, 9.17) is 5.11 Å². The van der Waals surface area contributed by atoms with Crippen molar-refractivity contribution in [1.29, 1.82) is 0 Å². The molecule has 0 saturated heterocycles. The molecule has 116 valence electrons. The maximum absolute atomic E-state index is 11.8. The number of amides is 1. The molecule has 0 atom stereocenters. The summed E-state index contributed by atoms with van der Waals surface area (Å²) in [5.41, 5.74) is 0.142. The number of rotatable bonds is 10. The number of nitrogens with one attached hydrogen (secondary N) is 1. The van der Waals surface area contributed by atoms with E-state index in [1.54, 1.807) is 12.1 Å². The lowest BCUT2D eigenvalue weighted by atomic mass is 10.1. The maximum atomic E-state index is 11.8. The van der Waals surface area contributed by atoms with E-state index in [1.165, 1.54) is 31.9 Å². The average molecular weight is 292 g/mol. The van der Waals surface area contributed by atoms with Gasteiger partial charge in [0.05, 0.1) is 5.69 Å². The van der Waals surface area contributed by atoms with E-state index < -0.39 is 5.97 Å². The molecule has 1 amide bonds. The summed E-state index contributed by atoms with van der Waals surface area (Å²) in [6.07, 6.45) is 9.84. The molecule has 0 spiro atoms. The molecule has 1 rings (SSSR count). The first-order chi connectivity index (χ1) is 10.1. The van der Waals surface area contributed by atoms with Crippen molar-refractivity contribution in [3.05, 3.63) is 24.0 Å². The molecule has 0 aliphatic heterocycles. The molecular formula is C16H24N2O3. The second-order valence-corrected chi connectivity index (χ2v) is 5.12. The van der Waals surface area contributed by atoms with Crippen LogP contribution in [-0.2, 0) is 4.79 Å². The van der Waals surface area contributed by atoms with Gasteiger partial charge in [0.1, 0.15) is 0 Å². The van der Waals surface area contributed by atoms with Gasteiger partial charge in [-0.1, -0.05) is 45.4 Å². The zero-order valence-electron chi connectivity index (χ0n) is 12.6. The van der Waals surface area contributed by atoms with E-state index in [9.17, 15) is 9.59 Å². The summed E-state index contributed by atoms with van der Waals surface area (Å²) in [6.45, 7) is 2.19. The lowest BCUT2D eigenvalue weighted by Gasteiger charge is -2.07. The number of pyridine rings is 1. The van der Waals surface area contributed by atoms with Crippen LogP contribution in [0.4, 0.5) is 5.69 Å². The Bertz CT molecular complexity index is 461. The van der Waals surface area contributed by atoms with Crippen LogP contribution in [0, 0.1) is 0 Å². The Hall–Kier alpha value is -1.91. The smallest absolute Gasteiger partial charge is 0.356 e. The summed E-state index contributed by atoms with van der Waals surface area (Å²) in [6, 6.07) is 3.16. The highest BCUT2D eigenvalue weighted by atomic mass is 16.4. The predicted octanol–water partition coefficient (Wildman–Crippen LogP) is 3.86. The highest BCUT2D eigenvalue weighted by Gasteiger charge is 2.12. The molecule has 5 nitrogen and oxygen atoms in total. The van der Waals surface area contributed by atoms with E-state index in [1.807, 2.05) is 0 Å². The van der Waals surface area contributed by atoms with Crippen LogP contribution in [0.15, 0.2) is 18.3 Å². The fourth-order valence-electron chi connectivity index (χ4n) is 2.13. The van der Waals surface area contributed by atoms with Crippen LogP contribution in [0.25, 0.3) is 0 Å². The largest absolute Gasteiger partial charge is 0.476 e. The molecule has 0 aliphatic carbocycles. The minimum atomic E-state index is -1.14. The van der Waals surface area contributed by atoms with E-state index in [-0.39, 0.29) is 17.3 Å². The normalized spacial score (nSPS) is 10.3. The zero-order valence-corrected chi connectivity index (χ0v) is 12.6. The number of carboxylic acids is 1. The number of hydrogen-bond acceptors (Lipinski definition) is 3. The molecule has 2 N–H and O–H groups in total. The SMILES string of the molecule is CCCCCCCCCC(=O)Nc1cccnc1C(=O)O. The van der Waals surface area contributed by atoms with Crippen LogP contribution < -0.4 is 5.32 Å². The minimum absolute atomic E-state index is 0.120. The molecule has 0 unspecified atom stereocenters. The van der Waals surface area contributed by atoms with Crippen LogP contribution in [0.5, 0.6) is 0 Å². The Kier molecular flexibility index (Phi) is 8.09. The topological polar surface area (TPSA) is 79.3 Å². The number of aromatic nitrogens is 1. The summed E-state index contributed by atoms with van der Waals surface area (Å²) < 4.78 is 0. The maximum Gasteiger partial charge on any atom is 0.356 e. The lowest BCUT2D eigenvalue weighted by molar-refractivity contribution is -0.116. The fourth-order valence-corrected chi connectivity index (χ4v) is 2.13. The number of carbonyl (C=O) groups is 2. The molecular weight excluding hydrogens is 268 g/mol. The summed E-state index contributed by atoms with van der Waals surface area (Å²) in [7, 11) is 0.